The molecule has 0 aliphatic rings. The first-order valence-electron chi connectivity index (χ1n) is 4.62. The van der Waals surface area contributed by atoms with E-state index in [-0.39, 0.29) is 5.56 Å². The van der Waals surface area contributed by atoms with Crippen molar-refractivity contribution in [3.63, 3.8) is 0 Å². The van der Waals surface area contributed by atoms with E-state index in [1.807, 2.05) is 30.3 Å². The average Bonchev–Trinajstić information content (AvgIpc) is 2.25. The molecule has 0 atom stereocenters. The highest BCUT2D eigenvalue weighted by Gasteiger charge is 1.96. The molecule has 0 bridgehead atoms. The lowest BCUT2D eigenvalue weighted by atomic mass is 10.3. The number of aromatic nitrogens is 2. The van der Waals surface area contributed by atoms with Gasteiger partial charge in [-0.05, 0) is 18.2 Å². The zero-order chi connectivity index (χ0) is 10.7. The maximum absolute atomic E-state index is 11.1. The zero-order valence-electron chi connectivity index (χ0n) is 8.34. The molecule has 4 heteroatoms. The maximum Gasteiger partial charge on any atom is 0.266 e. The van der Waals surface area contributed by atoms with E-state index >= 15 is 0 Å². The van der Waals surface area contributed by atoms with Crippen LogP contribution in [0.1, 0.15) is 0 Å². The Bertz CT molecular complexity index is 505. The number of para-hydroxylation sites is 1. The van der Waals surface area contributed by atoms with Crippen LogP contribution in [0.25, 0.3) is 0 Å². The molecule has 0 aliphatic heterocycles. The molecule has 1 aromatic carbocycles. The van der Waals surface area contributed by atoms with Gasteiger partial charge in [0.05, 0.1) is 0 Å². The number of benzene rings is 1. The number of hydrogen-bond acceptors (Lipinski definition) is 3. The van der Waals surface area contributed by atoms with Crippen LogP contribution >= 0.6 is 0 Å². The number of nitrogens with zero attached hydrogens (tertiary/aromatic N) is 2. The second kappa shape index (κ2) is 3.96. The quantitative estimate of drug-likeness (QED) is 0.801. The molecule has 0 unspecified atom stereocenters. The molecular formula is C11H11N3O. The Morgan fingerprint density at radius 2 is 1.87 bits per heavy atom. The van der Waals surface area contributed by atoms with Crippen molar-refractivity contribution in [3.8, 4) is 0 Å². The minimum absolute atomic E-state index is 0.117. The Morgan fingerprint density at radius 1 is 1.13 bits per heavy atom. The highest BCUT2D eigenvalue weighted by molar-refractivity contribution is 5.54. The lowest BCUT2D eigenvalue weighted by Crippen LogP contribution is -2.18. The summed E-state index contributed by atoms with van der Waals surface area (Å²) in [5.74, 6) is 0.656. The largest absolute Gasteiger partial charge is 0.339 e. The van der Waals surface area contributed by atoms with Crippen molar-refractivity contribution in [2.45, 2.75) is 0 Å². The second-order valence-corrected chi connectivity index (χ2v) is 3.17. The lowest BCUT2D eigenvalue weighted by molar-refractivity contribution is 0.713. The molecule has 2 aromatic rings. The minimum Gasteiger partial charge on any atom is -0.339 e. The van der Waals surface area contributed by atoms with Crippen molar-refractivity contribution < 1.29 is 0 Å². The number of aryl methyl sites for hydroxylation is 1. The number of hydrogen-bond donors (Lipinski definition) is 1. The number of anilines is 2. The van der Waals surface area contributed by atoms with Crippen molar-refractivity contribution >= 4 is 11.5 Å². The van der Waals surface area contributed by atoms with Gasteiger partial charge in [-0.3, -0.25) is 4.79 Å². The average molecular weight is 201 g/mol. The standard InChI is InChI=1S/C11H11N3O/c1-14-11(15)8-7-10(13-14)12-9-5-3-2-4-6-9/h2-8H,1H3,(H,12,13). The smallest absolute Gasteiger partial charge is 0.266 e. The first-order valence-corrected chi connectivity index (χ1v) is 4.62. The van der Waals surface area contributed by atoms with Gasteiger partial charge in [0.15, 0.2) is 5.82 Å². The van der Waals surface area contributed by atoms with Crippen molar-refractivity contribution in [2.75, 3.05) is 5.32 Å². The first kappa shape index (κ1) is 9.45. The van der Waals surface area contributed by atoms with Crippen LogP contribution in [0.4, 0.5) is 11.5 Å². The van der Waals surface area contributed by atoms with Gasteiger partial charge >= 0.3 is 0 Å². The molecule has 1 aromatic heterocycles. The SMILES string of the molecule is Cn1nc(Nc2ccccc2)ccc1=O. The molecule has 0 amide bonds. The Labute approximate surface area is 87.2 Å². The Morgan fingerprint density at radius 3 is 2.53 bits per heavy atom. The first-order chi connectivity index (χ1) is 7.25. The predicted molar refractivity (Wildman–Crippen MR) is 59.2 cm³/mol. The van der Waals surface area contributed by atoms with Crippen LogP contribution in [0.15, 0.2) is 47.3 Å². The van der Waals surface area contributed by atoms with Crippen molar-refractivity contribution in [1.82, 2.24) is 9.78 Å². The van der Waals surface area contributed by atoms with E-state index in [0.29, 0.717) is 5.82 Å². The molecular weight excluding hydrogens is 190 g/mol. The van der Waals surface area contributed by atoms with Gasteiger partial charge in [-0.15, -0.1) is 0 Å². The van der Waals surface area contributed by atoms with Gasteiger partial charge in [0.25, 0.3) is 5.56 Å². The van der Waals surface area contributed by atoms with Crippen LogP contribution in [0.5, 0.6) is 0 Å². The lowest BCUT2D eigenvalue weighted by Gasteiger charge is -2.05. The monoisotopic (exact) mass is 201 g/mol. The van der Waals surface area contributed by atoms with Gasteiger partial charge in [-0.25, -0.2) is 4.68 Å². The van der Waals surface area contributed by atoms with Crippen LogP contribution < -0.4 is 10.9 Å². The van der Waals surface area contributed by atoms with Crippen LogP contribution in [0.3, 0.4) is 0 Å². The van der Waals surface area contributed by atoms with Gasteiger partial charge in [0.2, 0.25) is 0 Å². The van der Waals surface area contributed by atoms with Gasteiger partial charge in [0, 0.05) is 18.8 Å². The fraction of sp³-hybridized carbons (Fsp3) is 0.0909. The molecule has 15 heavy (non-hydrogen) atoms. The molecule has 0 spiro atoms. The van der Waals surface area contributed by atoms with Gasteiger partial charge < -0.3 is 5.32 Å². The van der Waals surface area contributed by atoms with Crippen LogP contribution in [-0.2, 0) is 7.05 Å². The van der Waals surface area contributed by atoms with Crippen molar-refractivity contribution in [2.24, 2.45) is 7.05 Å². The molecule has 0 radical (unpaired) electrons. The van der Waals surface area contributed by atoms with Gasteiger partial charge in [-0.1, -0.05) is 18.2 Å². The molecule has 76 valence electrons. The van der Waals surface area contributed by atoms with Crippen LogP contribution in [-0.4, -0.2) is 9.78 Å². The summed E-state index contributed by atoms with van der Waals surface area (Å²) >= 11 is 0. The summed E-state index contributed by atoms with van der Waals surface area (Å²) in [6, 6.07) is 12.8. The van der Waals surface area contributed by atoms with E-state index in [2.05, 4.69) is 10.4 Å². The molecule has 0 saturated heterocycles. The number of nitrogens with one attached hydrogen (secondary N) is 1. The van der Waals surface area contributed by atoms with Crippen molar-refractivity contribution in [1.29, 1.82) is 0 Å². The summed E-state index contributed by atoms with van der Waals surface area (Å²) < 4.78 is 1.30. The van der Waals surface area contributed by atoms with Crippen LogP contribution in [0.2, 0.25) is 0 Å². The topological polar surface area (TPSA) is 46.9 Å². The van der Waals surface area contributed by atoms with Gasteiger partial charge in [0.1, 0.15) is 0 Å². The van der Waals surface area contributed by atoms with Crippen molar-refractivity contribution in [3.05, 3.63) is 52.8 Å². The maximum atomic E-state index is 11.1. The molecule has 0 saturated carbocycles. The third-order valence-corrected chi connectivity index (χ3v) is 2.01. The molecule has 0 aliphatic carbocycles. The summed E-state index contributed by atoms with van der Waals surface area (Å²) in [6.07, 6.45) is 0. The van der Waals surface area contributed by atoms with Gasteiger partial charge in [-0.2, -0.15) is 5.10 Å². The Balaban J connectivity index is 2.26. The third-order valence-electron chi connectivity index (χ3n) is 2.01. The minimum atomic E-state index is -0.117. The summed E-state index contributed by atoms with van der Waals surface area (Å²) in [5, 5.41) is 7.16. The van der Waals surface area contributed by atoms with Crippen LogP contribution in [0, 0.1) is 0 Å². The van der Waals surface area contributed by atoms with E-state index in [9.17, 15) is 4.79 Å². The van der Waals surface area contributed by atoms with E-state index in [4.69, 9.17) is 0 Å². The van der Waals surface area contributed by atoms with E-state index in [1.165, 1.54) is 10.7 Å². The Kier molecular flexibility index (Phi) is 2.49. The summed E-state index contributed by atoms with van der Waals surface area (Å²) in [4.78, 5) is 11.1. The molecule has 4 nitrogen and oxygen atoms in total. The summed E-state index contributed by atoms with van der Waals surface area (Å²) in [7, 11) is 1.62. The van der Waals surface area contributed by atoms with E-state index in [0.717, 1.165) is 5.69 Å². The predicted octanol–water partition coefficient (Wildman–Crippen LogP) is 1.52. The summed E-state index contributed by atoms with van der Waals surface area (Å²) in [5.41, 5.74) is 0.831. The molecule has 1 heterocycles. The fourth-order valence-corrected chi connectivity index (χ4v) is 1.24. The number of rotatable bonds is 2. The Hall–Kier alpha value is -2.10. The highest BCUT2D eigenvalue weighted by atomic mass is 16.1. The fourth-order valence-electron chi connectivity index (χ4n) is 1.24. The molecule has 2 rings (SSSR count). The van der Waals surface area contributed by atoms with E-state index in [1.54, 1.807) is 13.1 Å². The normalized spacial score (nSPS) is 9.93. The highest BCUT2D eigenvalue weighted by Crippen LogP contribution is 2.11. The molecule has 1 N–H and O–H groups in total. The van der Waals surface area contributed by atoms with E-state index < -0.39 is 0 Å². The zero-order valence-corrected chi connectivity index (χ0v) is 8.34. The third kappa shape index (κ3) is 2.22. The summed E-state index contributed by atoms with van der Waals surface area (Å²) in [6.45, 7) is 0. The molecule has 0 fully saturated rings. The second-order valence-electron chi connectivity index (χ2n) is 3.17.